The maximum Gasteiger partial charge on any atom is 0.0702 e. The van der Waals surface area contributed by atoms with Gasteiger partial charge in [0.25, 0.3) is 0 Å². The number of thiophene rings is 1. The third-order valence-electron chi connectivity index (χ3n) is 7.31. The number of aromatic nitrogens is 1. The molecular weight excluding hydrogens is 466 g/mol. The highest BCUT2D eigenvalue weighted by atomic mass is 32.1. The van der Waals surface area contributed by atoms with E-state index in [1.165, 1.54) is 53.2 Å². The van der Waals surface area contributed by atoms with Crippen LogP contribution in [0.1, 0.15) is 12.5 Å². The molecule has 0 fully saturated rings. The zero-order chi connectivity index (χ0) is 24.8. The van der Waals surface area contributed by atoms with Crippen molar-refractivity contribution in [2.45, 2.75) is 13.3 Å². The molecule has 0 aliphatic heterocycles. The SMILES string of the molecule is CCc1ccc(-c2ccc3cc(-c4ccc(-c5ccc6sc7ccccc7c6c5)nc4)ccc3c2)cc1. The van der Waals surface area contributed by atoms with Gasteiger partial charge in [0, 0.05) is 37.5 Å². The second-order valence-corrected chi connectivity index (χ2v) is 10.7. The van der Waals surface area contributed by atoms with Gasteiger partial charge in [-0.25, -0.2) is 0 Å². The lowest BCUT2D eigenvalue weighted by molar-refractivity contribution is 1.14. The summed E-state index contributed by atoms with van der Waals surface area (Å²) in [5.41, 5.74) is 8.36. The lowest BCUT2D eigenvalue weighted by Crippen LogP contribution is -1.86. The van der Waals surface area contributed by atoms with E-state index in [9.17, 15) is 0 Å². The second kappa shape index (κ2) is 8.99. The van der Waals surface area contributed by atoms with Gasteiger partial charge in [0.15, 0.2) is 0 Å². The van der Waals surface area contributed by atoms with Crippen LogP contribution in [0.5, 0.6) is 0 Å². The van der Waals surface area contributed by atoms with Crippen LogP contribution < -0.4 is 0 Å². The number of rotatable bonds is 4. The van der Waals surface area contributed by atoms with Crippen LogP contribution in [0.25, 0.3) is 64.5 Å². The Labute approximate surface area is 220 Å². The van der Waals surface area contributed by atoms with Gasteiger partial charge in [0.2, 0.25) is 0 Å². The number of hydrogen-bond donors (Lipinski definition) is 0. The molecule has 0 radical (unpaired) electrons. The van der Waals surface area contributed by atoms with Crippen LogP contribution in [0, 0.1) is 0 Å². The Balaban J connectivity index is 1.19. The lowest BCUT2D eigenvalue weighted by atomic mass is 9.97. The van der Waals surface area contributed by atoms with Crippen molar-refractivity contribution in [3.8, 4) is 33.5 Å². The molecule has 37 heavy (non-hydrogen) atoms. The topological polar surface area (TPSA) is 12.9 Å². The third-order valence-corrected chi connectivity index (χ3v) is 8.46. The molecule has 0 spiro atoms. The van der Waals surface area contributed by atoms with Crippen molar-refractivity contribution in [2.75, 3.05) is 0 Å². The molecule has 0 N–H and O–H groups in total. The Hall–Kier alpha value is -4.27. The zero-order valence-electron chi connectivity index (χ0n) is 20.6. The molecule has 7 rings (SSSR count). The van der Waals surface area contributed by atoms with Crippen LogP contribution >= 0.6 is 11.3 Å². The number of pyridine rings is 1. The molecule has 0 saturated heterocycles. The largest absolute Gasteiger partial charge is 0.256 e. The summed E-state index contributed by atoms with van der Waals surface area (Å²) in [5.74, 6) is 0. The summed E-state index contributed by atoms with van der Waals surface area (Å²) in [5, 5.41) is 5.12. The van der Waals surface area contributed by atoms with E-state index in [2.05, 4.69) is 122 Å². The Morgan fingerprint density at radius 3 is 1.92 bits per heavy atom. The Bertz CT molecular complexity index is 1890. The molecule has 176 valence electrons. The summed E-state index contributed by atoms with van der Waals surface area (Å²) < 4.78 is 2.65. The van der Waals surface area contributed by atoms with Crippen molar-refractivity contribution in [3.05, 3.63) is 127 Å². The number of fused-ring (bicyclic) bond motifs is 4. The summed E-state index contributed by atoms with van der Waals surface area (Å²) in [7, 11) is 0. The molecule has 1 nitrogen and oxygen atoms in total. The third kappa shape index (κ3) is 4.00. The van der Waals surface area contributed by atoms with Crippen LogP contribution in [-0.2, 0) is 6.42 Å². The van der Waals surface area contributed by atoms with Gasteiger partial charge >= 0.3 is 0 Å². The van der Waals surface area contributed by atoms with Gasteiger partial charge in [0.1, 0.15) is 0 Å². The van der Waals surface area contributed by atoms with Crippen molar-refractivity contribution in [3.63, 3.8) is 0 Å². The van der Waals surface area contributed by atoms with E-state index in [0.29, 0.717) is 0 Å². The second-order valence-electron chi connectivity index (χ2n) is 9.57. The highest BCUT2D eigenvalue weighted by molar-refractivity contribution is 7.25. The van der Waals surface area contributed by atoms with Gasteiger partial charge < -0.3 is 0 Å². The first-order chi connectivity index (χ1) is 18.2. The maximum absolute atomic E-state index is 4.85. The van der Waals surface area contributed by atoms with Gasteiger partial charge in [0.05, 0.1) is 5.69 Å². The van der Waals surface area contributed by atoms with E-state index in [4.69, 9.17) is 4.98 Å². The first kappa shape index (κ1) is 22.0. The quantitative estimate of drug-likeness (QED) is 0.239. The standard InChI is InChI=1S/C35H25NS/c1-2-23-7-9-24(10-8-23)25-11-12-27-20-28(14-13-26(27)19-25)30-15-17-33(36-22-30)29-16-18-35-32(21-29)31-5-3-4-6-34(31)37-35/h3-22H,2H2,1H3. The van der Waals surface area contributed by atoms with E-state index >= 15 is 0 Å². The number of aryl methyl sites for hydroxylation is 1. The van der Waals surface area contributed by atoms with E-state index in [1.807, 2.05) is 17.5 Å². The van der Waals surface area contributed by atoms with E-state index in [1.54, 1.807) is 0 Å². The number of benzene rings is 5. The zero-order valence-corrected chi connectivity index (χ0v) is 21.4. The van der Waals surface area contributed by atoms with Crippen molar-refractivity contribution in [1.82, 2.24) is 4.98 Å². The first-order valence-corrected chi connectivity index (χ1v) is 13.6. The molecule has 2 heterocycles. The molecule has 2 aromatic heterocycles. The highest BCUT2D eigenvalue weighted by Crippen LogP contribution is 2.36. The normalized spacial score (nSPS) is 11.5. The van der Waals surface area contributed by atoms with E-state index in [0.717, 1.165) is 23.2 Å². The average molecular weight is 492 g/mol. The van der Waals surface area contributed by atoms with Crippen LogP contribution in [0.2, 0.25) is 0 Å². The maximum atomic E-state index is 4.85. The molecule has 0 amide bonds. The molecule has 2 heteroatoms. The van der Waals surface area contributed by atoms with Gasteiger partial charge in [-0.2, -0.15) is 0 Å². The first-order valence-electron chi connectivity index (χ1n) is 12.8. The Kier molecular flexibility index (Phi) is 5.34. The van der Waals surface area contributed by atoms with Crippen molar-refractivity contribution >= 4 is 42.3 Å². The fourth-order valence-corrected chi connectivity index (χ4v) is 6.24. The van der Waals surface area contributed by atoms with Gasteiger partial charge in [-0.15, -0.1) is 11.3 Å². The molecule has 7 aromatic rings. The average Bonchev–Trinajstić information content (AvgIpc) is 3.35. The molecule has 0 atom stereocenters. The molecule has 0 aliphatic rings. The Morgan fingerprint density at radius 2 is 1.19 bits per heavy atom. The van der Waals surface area contributed by atoms with Gasteiger partial charge in [-0.1, -0.05) is 85.8 Å². The fourth-order valence-electron chi connectivity index (χ4n) is 5.16. The summed E-state index contributed by atoms with van der Waals surface area (Å²) in [6, 6.07) is 41.9. The van der Waals surface area contributed by atoms with Crippen LogP contribution in [0.15, 0.2) is 121 Å². The molecule has 0 aliphatic carbocycles. The summed E-state index contributed by atoms with van der Waals surface area (Å²) in [6.45, 7) is 2.19. The van der Waals surface area contributed by atoms with E-state index in [-0.39, 0.29) is 0 Å². The monoisotopic (exact) mass is 491 g/mol. The predicted molar refractivity (Wildman–Crippen MR) is 160 cm³/mol. The lowest BCUT2D eigenvalue weighted by Gasteiger charge is -2.08. The van der Waals surface area contributed by atoms with Crippen LogP contribution in [0.4, 0.5) is 0 Å². The number of hydrogen-bond acceptors (Lipinski definition) is 2. The number of nitrogens with zero attached hydrogens (tertiary/aromatic N) is 1. The van der Waals surface area contributed by atoms with Crippen molar-refractivity contribution in [2.24, 2.45) is 0 Å². The fraction of sp³-hybridized carbons (Fsp3) is 0.0571. The summed E-state index contributed by atoms with van der Waals surface area (Å²) >= 11 is 1.85. The van der Waals surface area contributed by atoms with Crippen molar-refractivity contribution in [1.29, 1.82) is 0 Å². The minimum absolute atomic E-state index is 1.00. The molecular formula is C35H25NS. The molecule has 0 saturated carbocycles. The van der Waals surface area contributed by atoms with E-state index < -0.39 is 0 Å². The highest BCUT2D eigenvalue weighted by Gasteiger charge is 2.08. The summed E-state index contributed by atoms with van der Waals surface area (Å²) in [6.07, 6.45) is 3.06. The predicted octanol–water partition coefficient (Wildman–Crippen LogP) is 10.2. The van der Waals surface area contributed by atoms with Crippen molar-refractivity contribution < 1.29 is 0 Å². The Morgan fingerprint density at radius 1 is 0.541 bits per heavy atom. The van der Waals surface area contributed by atoms with Gasteiger partial charge in [-0.05, 0) is 75.8 Å². The molecule has 5 aromatic carbocycles. The minimum Gasteiger partial charge on any atom is -0.256 e. The molecule has 0 bridgehead atoms. The van der Waals surface area contributed by atoms with Crippen LogP contribution in [0.3, 0.4) is 0 Å². The smallest absolute Gasteiger partial charge is 0.0702 e. The summed E-state index contributed by atoms with van der Waals surface area (Å²) in [4.78, 5) is 4.85. The molecule has 0 unspecified atom stereocenters. The van der Waals surface area contributed by atoms with Crippen LogP contribution in [-0.4, -0.2) is 4.98 Å². The minimum atomic E-state index is 1.00. The van der Waals surface area contributed by atoms with Gasteiger partial charge in [-0.3, -0.25) is 4.98 Å².